The van der Waals surface area contributed by atoms with E-state index in [1.165, 1.54) is 4.90 Å². The zero-order valence-electron chi connectivity index (χ0n) is 21.7. The minimum absolute atomic E-state index is 0.160. The molecule has 0 bridgehead atoms. The third kappa shape index (κ3) is 5.85. The summed E-state index contributed by atoms with van der Waals surface area (Å²) in [6.07, 6.45) is -1.60. The molecule has 0 saturated heterocycles. The predicted octanol–water partition coefficient (Wildman–Crippen LogP) is 4.05. The molecule has 1 aliphatic rings. The van der Waals surface area contributed by atoms with Crippen LogP contribution in [0.3, 0.4) is 0 Å². The molecule has 0 aliphatic carbocycles. The fourth-order valence-electron chi connectivity index (χ4n) is 4.52. The van der Waals surface area contributed by atoms with E-state index in [0.717, 1.165) is 11.1 Å². The molecular formula is C29H32N4O5. The maximum Gasteiger partial charge on any atom is 0.320 e. The number of nitrogens with one attached hydrogen (secondary N) is 3. The maximum absolute atomic E-state index is 14.0. The molecule has 0 fully saturated rings. The Morgan fingerprint density at radius 2 is 1.50 bits per heavy atom. The Hall–Kier alpha value is -4.21. The maximum atomic E-state index is 14.0. The molecule has 9 heteroatoms. The van der Waals surface area contributed by atoms with Crippen LogP contribution in [0.4, 0.5) is 21.9 Å². The van der Waals surface area contributed by atoms with Crippen LogP contribution >= 0.6 is 0 Å². The Bertz CT molecular complexity index is 1250. The molecule has 1 heterocycles. The summed E-state index contributed by atoms with van der Waals surface area (Å²) < 4.78 is 5.26. The lowest BCUT2D eigenvalue weighted by molar-refractivity contribution is -0.130. The highest BCUT2D eigenvalue weighted by atomic mass is 16.6. The molecular weight excluding hydrogens is 484 g/mol. The number of β-amino-alcohol motifs (C(OH)–C–C–N with tert-alkyl or cyclic N) is 1. The van der Waals surface area contributed by atoms with Crippen molar-refractivity contribution in [1.82, 2.24) is 5.32 Å². The van der Waals surface area contributed by atoms with Gasteiger partial charge >= 0.3 is 6.03 Å². The molecule has 0 saturated carbocycles. The molecule has 0 aromatic heterocycles. The van der Waals surface area contributed by atoms with Crippen molar-refractivity contribution >= 4 is 34.9 Å². The number of ether oxygens (including phenoxy) is 1. The highest BCUT2D eigenvalue weighted by Crippen LogP contribution is 2.43. The number of aliphatic hydroxyl groups is 1. The number of carbonyl (C=O) groups is 3. The fourth-order valence-corrected chi connectivity index (χ4v) is 4.52. The van der Waals surface area contributed by atoms with Gasteiger partial charge in [0.1, 0.15) is 0 Å². The number of nitrogens with zero attached hydrogens (tertiary/aromatic N) is 1. The van der Waals surface area contributed by atoms with Gasteiger partial charge in [-0.1, -0.05) is 53.6 Å². The first-order chi connectivity index (χ1) is 18.2. The van der Waals surface area contributed by atoms with Gasteiger partial charge in [-0.3, -0.25) is 9.59 Å². The number of carbonyl (C=O) groups excluding carboxylic acids is 3. The van der Waals surface area contributed by atoms with Crippen molar-refractivity contribution < 1.29 is 24.2 Å². The number of para-hydroxylation sites is 1. The van der Waals surface area contributed by atoms with E-state index in [-0.39, 0.29) is 19.6 Å². The number of anilines is 3. The molecule has 0 radical (unpaired) electrons. The van der Waals surface area contributed by atoms with Crippen LogP contribution in [0.1, 0.15) is 30.0 Å². The third-order valence-electron chi connectivity index (χ3n) is 6.36. The molecule has 3 aromatic rings. The summed E-state index contributed by atoms with van der Waals surface area (Å²) in [6.45, 7) is 5.71. The average molecular weight is 517 g/mol. The number of amides is 4. The number of hydrogen-bond acceptors (Lipinski definition) is 5. The molecule has 38 heavy (non-hydrogen) atoms. The minimum Gasteiger partial charge on any atom is -0.366 e. The lowest BCUT2D eigenvalue weighted by Gasteiger charge is -2.30. The van der Waals surface area contributed by atoms with Crippen LogP contribution in [-0.2, 0) is 19.9 Å². The van der Waals surface area contributed by atoms with Gasteiger partial charge in [0.2, 0.25) is 5.91 Å². The van der Waals surface area contributed by atoms with E-state index < -0.39 is 29.7 Å². The van der Waals surface area contributed by atoms with E-state index in [4.69, 9.17) is 4.74 Å². The molecule has 4 N–H and O–H groups in total. The van der Waals surface area contributed by atoms with Crippen molar-refractivity contribution in [3.05, 3.63) is 89.5 Å². The monoisotopic (exact) mass is 516 g/mol. The lowest BCUT2D eigenvalue weighted by Crippen LogP contribution is -2.56. The third-order valence-corrected chi connectivity index (χ3v) is 6.36. The standard InChI is InChI=1S/C29H32N4O5/c1-4-38-26(35)18-33-24-8-6-5-7-23(24)29(27(33)36,17-25(34)30-21-13-9-19(2)10-14-21)32-28(37)31-22-15-11-20(3)12-16-22/h5-16,26,35H,4,17-18H2,1-3H3,(H,30,34)(H2,31,32,37)/t26?,29-/m1/s1. The van der Waals surface area contributed by atoms with Crippen LogP contribution < -0.4 is 20.9 Å². The zero-order valence-corrected chi connectivity index (χ0v) is 21.7. The van der Waals surface area contributed by atoms with Crippen LogP contribution in [0.15, 0.2) is 72.8 Å². The second-order valence-electron chi connectivity index (χ2n) is 9.28. The number of fused-ring (bicyclic) bond motifs is 1. The first-order valence-electron chi connectivity index (χ1n) is 12.5. The van der Waals surface area contributed by atoms with Crippen molar-refractivity contribution in [2.45, 2.75) is 39.0 Å². The summed E-state index contributed by atoms with van der Waals surface area (Å²) in [5.41, 5.74) is 2.39. The van der Waals surface area contributed by atoms with Gasteiger partial charge in [0, 0.05) is 23.5 Å². The highest BCUT2D eigenvalue weighted by Gasteiger charge is 2.53. The molecule has 4 rings (SSSR count). The van der Waals surface area contributed by atoms with Gasteiger partial charge in [0.05, 0.1) is 18.7 Å². The largest absolute Gasteiger partial charge is 0.366 e. The number of rotatable bonds is 9. The summed E-state index contributed by atoms with van der Waals surface area (Å²) >= 11 is 0. The Morgan fingerprint density at radius 1 is 0.921 bits per heavy atom. The van der Waals surface area contributed by atoms with E-state index in [9.17, 15) is 19.5 Å². The molecule has 2 atom stereocenters. The molecule has 9 nitrogen and oxygen atoms in total. The van der Waals surface area contributed by atoms with Gasteiger partial charge in [-0.05, 0) is 51.1 Å². The lowest BCUT2D eigenvalue weighted by atomic mass is 9.87. The van der Waals surface area contributed by atoms with Gasteiger partial charge in [-0.25, -0.2) is 4.79 Å². The summed E-state index contributed by atoms with van der Waals surface area (Å²) in [5, 5.41) is 18.7. The number of aliphatic hydroxyl groups excluding tert-OH is 1. The Kier molecular flexibility index (Phi) is 8.09. The Morgan fingerprint density at radius 3 is 2.11 bits per heavy atom. The van der Waals surface area contributed by atoms with Gasteiger partial charge < -0.3 is 30.7 Å². The average Bonchev–Trinajstić information content (AvgIpc) is 3.09. The number of aryl methyl sites for hydroxylation is 2. The second kappa shape index (κ2) is 11.5. The number of urea groups is 1. The summed E-state index contributed by atoms with van der Waals surface area (Å²) in [7, 11) is 0. The van der Waals surface area contributed by atoms with Crippen molar-refractivity contribution in [3.63, 3.8) is 0 Å². The van der Waals surface area contributed by atoms with Crippen LogP contribution in [0.25, 0.3) is 0 Å². The quantitative estimate of drug-likeness (QED) is 0.320. The van der Waals surface area contributed by atoms with E-state index >= 15 is 0 Å². The number of benzene rings is 3. The number of hydrogen-bond donors (Lipinski definition) is 4. The normalized spacial score (nSPS) is 17.1. The molecule has 198 valence electrons. The van der Waals surface area contributed by atoms with Crippen molar-refractivity contribution in [3.8, 4) is 0 Å². The fraction of sp³-hybridized carbons (Fsp3) is 0.276. The second-order valence-corrected chi connectivity index (χ2v) is 9.28. The summed E-state index contributed by atoms with van der Waals surface area (Å²) in [6, 6.07) is 20.7. The van der Waals surface area contributed by atoms with Crippen LogP contribution in [0.2, 0.25) is 0 Å². The van der Waals surface area contributed by atoms with Crippen LogP contribution in [-0.4, -0.2) is 42.4 Å². The molecule has 1 unspecified atom stereocenters. The first-order valence-corrected chi connectivity index (χ1v) is 12.5. The van der Waals surface area contributed by atoms with Crippen LogP contribution in [0.5, 0.6) is 0 Å². The Labute approximate surface area is 221 Å². The Balaban J connectivity index is 1.68. The summed E-state index contributed by atoms with van der Waals surface area (Å²) in [4.78, 5) is 41.9. The van der Waals surface area contributed by atoms with E-state index in [1.807, 2.05) is 38.1 Å². The predicted molar refractivity (Wildman–Crippen MR) is 146 cm³/mol. The summed E-state index contributed by atoms with van der Waals surface area (Å²) in [5.74, 6) is -1.00. The highest BCUT2D eigenvalue weighted by molar-refractivity contribution is 6.12. The van der Waals surface area contributed by atoms with E-state index in [1.54, 1.807) is 55.5 Å². The topological polar surface area (TPSA) is 120 Å². The molecule has 4 amide bonds. The smallest absolute Gasteiger partial charge is 0.320 e. The van der Waals surface area contributed by atoms with Gasteiger partial charge in [0.25, 0.3) is 5.91 Å². The van der Waals surface area contributed by atoms with Gasteiger partial charge in [-0.2, -0.15) is 0 Å². The SMILES string of the molecule is CCOC(O)CN1C(=O)[C@](CC(=O)Nc2ccc(C)cc2)(NC(=O)Nc2ccc(C)cc2)c2ccccc21. The molecule has 1 aliphatic heterocycles. The van der Waals surface area contributed by atoms with Crippen LogP contribution in [0, 0.1) is 13.8 Å². The van der Waals surface area contributed by atoms with Crippen molar-refractivity contribution in [2.75, 3.05) is 28.7 Å². The van der Waals surface area contributed by atoms with Gasteiger partial charge in [-0.15, -0.1) is 0 Å². The molecule has 0 spiro atoms. The van der Waals surface area contributed by atoms with Gasteiger partial charge in [0.15, 0.2) is 11.8 Å². The van der Waals surface area contributed by atoms with Crippen molar-refractivity contribution in [1.29, 1.82) is 0 Å². The van der Waals surface area contributed by atoms with E-state index in [0.29, 0.717) is 22.6 Å². The minimum atomic E-state index is -1.72. The zero-order chi connectivity index (χ0) is 27.3. The first kappa shape index (κ1) is 26.8. The molecule has 3 aromatic carbocycles. The van der Waals surface area contributed by atoms with Crippen molar-refractivity contribution in [2.24, 2.45) is 0 Å². The van der Waals surface area contributed by atoms with E-state index in [2.05, 4.69) is 16.0 Å².